The zero-order chi connectivity index (χ0) is 19.7. The number of furan rings is 1. The first-order valence-electron chi connectivity index (χ1n) is 8.85. The van der Waals surface area contributed by atoms with Crippen LogP contribution in [0.1, 0.15) is 40.3 Å². The van der Waals surface area contributed by atoms with E-state index in [0.29, 0.717) is 41.1 Å². The Balaban J connectivity index is 1.67. The number of primary amides is 1. The van der Waals surface area contributed by atoms with E-state index in [0.717, 1.165) is 17.4 Å². The zero-order valence-corrected chi connectivity index (χ0v) is 15.2. The quantitative estimate of drug-likeness (QED) is 0.412. The van der Waals surface area contributed by atoms with Gasteiger partial charge in [0.25, 0.3) is 0 Å². The number of pyridine rings is 1. The molecule has 2 amide bonds. The Morgan fingerprint density at radius 1 is 1.25 bits per heavy atom. The number of benzene rings is 1. The highest BCUT2D eigenvalue weighted by Crippen LogP contribution is 2.31. The molecule has 0 unspecified atom stereocenters. The second kappa shape index (κ2) is 7.15. The Labute approximate surface area is 160 Å². The van der Waals surface area contributed by atoms with E-state index in [1.54, 1.807) is 25.3 Å². The predicted molar refractivity (Wildman–Crippen MR) is 102 cm³/mol. The number of nitrogens with two attached hydrogens (primary N) is 1. The molecule has 8 heteroatoms. The average Bonchev–Trinajstić information content (AvgIpc) is 3.04. The van der Waals surface area contributed by atoms with Gasteiger partial charge in [0.15, 0.2) is 5.75 Å². The summed E-state index contributed by atoms with van der Waals surface area (Å²) in [6.07, 6.45) is 3.76. The number of rotatable bonds is 3. The third kappa shape index (κ3) is 3.20. The summed E-state index contributed by atoms with van der Waals surface area (Å²) in [5.41, 5.74) is 9.91. The van der Waals surface area contributed by atoms with Gasteiger partial charge in [-0.05, 0) is 31.9 Å². The Morgan fingerprint density at radius 3 is 2.89 bits per heavy atom. The van der Waals surface area contributed by atoms with Crippen molar-refractivity contribution in [2.45, 2.75) is 26.2 Å². The molecule has 142 valence electrons. The first-order chi connectivity index (χ1) is 13.5. The molecule has 8 nitrogen and oxygen atoms in total. The molecule has 0 bridgehead atoms. The standard InChI is InChI=1S/C20H18N4O4/c1-11-16-13(23-24-20(21)26)7-3-8-14(16)27-18(11)19(25)28-15-9-2-5-12-6-4-10-22-17(12)15/h2,4-6,9-10H,3,7-8H2,1H3,(H3,21,24,26)/b23-13+. The minimum absolute atomic E-state index is 0.117. The van der Waals surface area contributed by atoms with Crippen molar-refractivity contribution in [1.29, 1.82) is 0 Å². The molecule has 0 saturated carbocycles. The number of urea groups is 1. The number of nitrogens with zero attached hydrogens (tertiary/aromatic N) is 2. The van der Waals surface area contributed by atoms with Crippen LogP contribution in [0.3, 0.4) is 0 Å². The van der Waals surface area contributed by atoms with Gasteiger partial charge in [-0.15, -0.1) is 0 Å². The van der Waals surface area contributed by atoms with Gasteiger partial charge in [0.05, 0.1) is 5.71 Å². The molecule has 1 aromatic carbocycles. The van der Waals surface area contributed by atoms with E-state index < -0.39 is 12.0 Å². The lowest BCUT2D eigenvalue weighted by Crippen LogP contribution is -2.27. The maximum atomic E-state index is 12.8. The maximum Gasteiger partial charge on any atom is 0.380 e. The number of fused-ring (bicyclic) bond motifs is 2. The lowest BCUT2D eigenvalue weighted by Gasteiger charge is -2.12. The summed E-state index contributed by atoms with van der Waals surface area (Å²) in [5.74, 6) is 0.525. The minimum atomic E-state index is -0.746. The number of ether oxygens (including phenoxy) is 1. The monoisotopic (exact) mass is 378 g/mol. The SMILES string of the molecule is Cc1c(C(=O)Oc2cccc3cccnc23)oc2c1/C(=N/NC(N)=O)CCC2. The van der Waals surface area contributed by atoms with Crippen molar-refractivity contribution < 1.29 is 18.7 Å². The number of hydrogen-bond acceptors (Lipinski definition) is 6. The second-order valence-corrected chi connectivity index (χ2v) is 6.46. The summed E-state index contributed by atoms with van der Waals surface area (Å²) >= 11 is 0. The number of nitrogens with one attached hydrogen (secondary N) is 1. The Morgan fingerprint density at radius 2 is 2.07 bits per heavy atom. The predicted octanol–water partition coefficient (Wildman–Crippen LogP) is 3.06. The van der Waals surface area contributed by atoms with E-state index in [4.69, 9.17) is 14.9 Å². The van der Waals surface area contributed by atoms with Crippen molar-refractivity contribution in [1.82, 2.24) is 10.4 Å². The number of aromatic nitrogens is 1. The van der Waals surface area contributed by atoms with E-state index in [2.05, 4.69) is 15.5 Å². The van der Waals surface area contributed by atoms with Gasteiger partial charge in [-0.3, -0.25) is 4.98 Å². The van der Waals surface area contributed by atoms with E-state index in [-0.39, 0.29) is 5.76 Å². The van der Waals surface area contributed by atoms with Crippen molar-refractivity contribution in [3.8, 4) is 5.75 Å². The van der Waals surface area contributed by atoms with Gasteiger partial charge >= 0.3 is 12.0 Å². The number of hydrazone groups is 1. The van der Waals surface area contributed by atoms with Gasteiger partial charge in [0.2, 0.25) is 5.76 Å². The smallest absolute Gasteiger partial charge is 0.380 e. The molecule has 0 saturated heterocycles. The number of carbonyl (C=O) groups is 2. The van der Waals surface area contributed by atoms with Gasteiger partial charge < -0.3 is 14.9 Å². The van der Waals surface area contributed by atoms with Crippen LogP contribution in [0.25, 0.3) is 10.9 Å². The highest BCUT2D eigenvalue weighted by Gasteiger charge is 2.29. The number of aryl methyl sites for hydroxylation is 1. The Hall–Kier alpha value is -3.68. The fraction of sp³-hybridized carbons (Fsp3) is 0.200. The van der Waals surface area contributed by atoms with Crippen LogP contribution < -0.4 is 15.9 Å². The van der Waals surface area contributed by atoms with Crippen LogP contribution >= 0.6 is 0 Å². The molecule has 2 heterocycles. The van der Waals surface area contributed by atoms with Gasteiger partial charge in [0.1, 0.15) is 11.3 Å². The van der Waals surface area contributed by atoms with E-state index in [1.807, 2.05) is 18.2 Å². The molecule has 28 heavy (non-hydrogen) atoms. The van der Waals surface area contributed by atoms with Crippen molar-refractivity contribution in [2.24, 2.45) is 10.8 Å². The number of amides is 2. The number of para-hydroxylation sites is 1. The fourth-order valence-electron chi connectivity index (χ4n) is 3.40. The Kier molecular flexibility index (Phi) is 4.52. The first-order valence-corrected chi connectivity index (χ1v) is 8.85. The van der Waals surface area contributed by atoms with Crippen LogP contribution in [0.5, 0.6) is 5.75 Å². The van der Waals surface area contributed by atoms with Crippen molar-refractivity contribution in [3.05, 3.63) is 59.2 Å². The van der Waals surface area contributed by atoms with Crippen molar-refractivity contribution in [2.75, 3.05) is 0 Å². The number of esters is 1. The summed E-state index contributed by atoms with van der Waals surface area (Å²) in [6, 6.07) is 8.35. The molecule has 2 aromatic heterocycles. The first kappa shape index (κ1) is 17.7. The highest BCUT2D eigenvalue weighted by atomic mass is 16.5. The Bertz CT molecular complexity index is 1110. The summed E-state index contributed by atoms with van der Waals surface area (Å²) in [7, 11) is 0. The molecule has 3 aromatic rings. The maximum absolute atomic E-state index is 12.8. The van der Waals surface area contributed by atoms with Crippen LogP contribution in [0.15, 0.2) is 46.0 Å². The third-order valence-corrected chi connectivity index (χ3v) is 4.61. The van der Waals surface area contributed by atoms with Crippen LogP contribution in [0, 0.1) is 6.92 Å². The molecule has 1 aliphatic rings. The summed E-state index contributed by atoms with van der Waals surface area (Å²) in [4.78, 5) is 28.0. The topological polar surface area (TPSA) is 120 Å². The van der Waals surface area contributed by atoms with Crippen LogP contribution in [-0.4, -0.2) is 22.7 Å². The normalized spacial score (nSPS) is 14.7. The van der Waals surface area contributed by atoms with Crippen LogP contribution in [-0.2, 0) is 6.42 Å². The molecule has 0 aliphatic heterocycles. The molecular formula is C20H18N4O4. The molecule has 0 atom stereocenters. The van der Waals surface area contributed by atoms with Gasteiger partial charge in [-0.1, -0.05) is 18.2 Å². The average molecular weight is 378 g/mol. The zero-order valence-electron chi connectivity index (χ0n) is 15.2. The molecular weight excluding hydrogens is 360 g/mol. The highest BCUT2D eigenvalue weighted by molar-refractivity contribution is 6.06. The number of carbonyl (C=O) groups excluding carboxylic acids is 2. The van der Waals surface area contributed by atoms with Crippen LogP contribution in [0.2, 0.25) is 0 Å². The van der Waals surface area contributed by atoms with Crippen LogP contribution in [0.4, 0.5) is 4.79 Å². The van der Waals surface area contributed by atoms with Crippen molar-refractivity contribution >= 4 is 28.6 Å². The minimum Gasteiger partial charge on any atom is -0.453 e. The lowest BCUT2D eigenvalue weighted by molar-refractivity contribution is 0.0700. The van der Waals surface area contributed by atoms with E-state index >= 15 is 0 Å². The largest absolute Gasteiger partial charge is 0.453 e. The fourth-order valence-corrected chi connectivity index (χ4v) is 3.40. The summed E-state index contributed by atoms with van der Waals surface area (Å²) in [5, 5.41) is 4.92. The van der Waals surface area contributed by atoms with E-state index in [1.165, 1.54) is 0 Å². The molecule has 0 spiro atoms. The van der Waals surface area contributed by atoms with Gasteiger partial charge in [-0.2, -0.15) is 5.10 Å². The molecule has 3 N–H and O–H groups in total. The van der Waals surface area contributed by atoms with Gasteiger partial charge in [0, 0.05) is 29.1 Å². The van der Waals surface area contributed by atoms with Gasteiger partial charge in [-0.25, -0.2) is 15.0 Å². The van der Waals surface area contributed by atoms with Crippen molar-refractivity contribution in [3.63, 3.8) is 0 Å². The summed E-state index contributed by atoms with van der Waals surface area (Å²) in [6.45, 7) is 1.77. The third-order valence-electron chi connectivity index (χ3n) is 4.61. The summed E-state index contributed by atoms with van der Waals surface area (Å²) < 4.78 is 11.4. The molecule has 4 rings (SSSR count). The molecule has 0 radical (unpaired) electrons. The van der Waals surface area contributed by atoms with E-state index in [9.17, 15) is 9.59 Å². The lowest BCUT2D eigenvalue weighted by atomic mass is 9.93. The molecule has 1 aliphatic carbocycles. The number of hydrogen-bond donors (Lipinski definition) is 2. The molecule has 0 fully saturated rings. The second-order valence-electron chi connectivity index (χ2n) is 6.46.